The maximum atomic E-state index is 12.5. The molecule has 7 heteroatoms. The highest BCUT2D eigenvalue weighted by Gasteiger charge is 2.37. The van der Waals surface area contributed by atoms with Gasteiger partial charge in [-0.3, -0.25) is 4.79 Å². The summed E-state index contributed by atoms with van der Waals surface area (Å²) in [5.74, 6) is -0.869. The van der Waals surface area contributed by atoms with Gasteiger partial charge in [0, 0.05) is 6.07 Å². The molecule has 0 saturated carbocycles. The van der Waals surface area contributed by atoms with Crippen LogP contribution in [0.3, 0.4) is 0 Å². The number of ketones is 1. The number of halogens is 3. The van der Waals surface area contributed by atoms with E-state index in [0.29, 0.717) is 10.3 Å². The average Bonchev–Trinajstić information content (AvgIpc) is 2.71. The SMILES string of the molecule is Cc1cc2c(cc1C)[N+]([O-])=C(c1ccc(OC(F)(F)F)cc1)C2=O. The van der Waals surface area contributed by atoms with Crippen LogP contribution in [0.5, 0.6) is 5.75 Å². The molecule has 0 atom stereocenters. The molecule has 2 aromatic rings. The van der Waals surface area contributed by atoms with Gasteiger partial charge in [0.1, 0.15) is 11.3 Å². The molecule has 1 aliphatic heterocycles. The molecule has 0 unspecified atom stereocenters. The van der Waals surface area contributed by atoms with E-state index in [0.717, 1.165) is 23.3 Å². The van der Waals surface area contributed by atoms with E-state index in [4.69, 9.17) is 0 Å². The summed E-state index contributed by atoms with van der Waals surface area (Å²) in [5, 5.41) is 12.4. The molecule has 1 heterocycles. The van der Waals surface area contributed by atoms with E-state index in [1.54, 1.807) is 12.1 Å². The lowest BCUT2D eigenvalue weighted by atomic mass is 9.99. The number of fused-ring (bicyclic) bond motifs is 1. The lowest BCUT2D eigenvalue weighted by Gasteiger charge is -2.08. The van der Waals surface area contributed by atoms with Crippen LogP contribution in [0.2, 0.25) is 0 Å². The predicted octanol–water partition coefficient (Wildman–Crippen LogP) is 4.03. The molecule has 124 valence electrons. The summed E-state index contributed by atoms with van der Waals surface area (Å²) in [6.07, 6.45) is -4.80. The van der Waals surface area contributed by atoms with Crippen LogP contribution in [0, 0.1) is 19.1 Å². The molecular formula is C17H12F3NO3. The third-order valence-corrected chi connectivity index (χ3v) is 3.85. The van der Waals surface area contributed by atoms with Gasteiger partial charge in [-0.05, 0) is 55.3 Å². The van der Waals surface area contributed by atoms with Gasteiger partial charge in [-0.15, -0.1) is 13.2 Å². The fraction of sp³-hybridized carbons (Fsp3) is 0.176. The van der Waals surface area contributed by atoms with Gasteiger partial charge in [0.25, 0.3) is 11.5 Å². The molecule has 0 fully saturated rings. The molecule has 0 radical (unpaired) electrons. The van der Waals surface area contributed by atoms with E-state index in [2.05, 4.69) is 4.74 Å². The van der Waals surface area contributed by atoms with Crippen molar-refractivity contribution in [1.29, 1.82) is 0 Å². The van der Waals surface area contributed by atoms with Crippen LogP contribution in [0.25, 0.3) is 0 Å². The molecule has 2 aromatic carbocycles. The molecule has 1 aliphatic rings. The first-order valence-corrected chi connectivity index (χ1v) is 7.04. The lowest BCUT2D eigenvalue weighted by molar-refractivity contribution is -0.355. The molecular weight excluding hydrogens is 323 g/mol. The first-order valence-electron chi connectivity index (χ1n) is 7.04. The average molecular weight is 335 g/mol. The number of hydrogen-bond donors (Lipinski definition) is 0. The monoisotopic (exact) mass is 335 g/mol. The normalized spacial score (nSPS) is 14.1. The molecule has 0 amide bonds. The van der Waals surface area contributed by atoms with Crippen molar-refractivity contribution >= 4 is 17.2 Å². The Labute approximate surface area is 135 Å². The molecule has 0 N–H and O–H groups in total. The van der Waals surface area contributed by atoms with Crippen LogP contribution in [0.4, 0.5) is 18.9 Å². The third kappa shape index (κ3) is 2.73. The number of alkyl halides is 3. The maximum Gasteiger partial charge on any atom is 0.573 e. The van der Waals surface area contributed by atoms with Crippen LogP contribution >= 0.6 is 0 Å². The third-order valence-electron chi connectivity index (χ3n) is 3.85. The van der Waals surface area contributed by atoms with Gasteiger partial charge in [0.05, 0.1) is 5.56 Å². The Morgan fingerprint density at radius 3 is 2.21 bits per heavy atom. The molecule has 0 aliphatic carbocycles. The number of hydrogen-bond acceptors (Lipinski definition) is 3. The standard InChI is InChI=1S/C17H12F3NO3/c1-9-7-13-14(8-10(9)2)21(23)15(16(13)22)11-3-5-12(6-4-11)24-17(18,19)20/h3-8H,1-2H3. The first-order chi connectivity index (χ1) is 11.2. The van der Waals surface area contributed by atoms with Crippen molar-refractivity contribution < 1.29 is 27.4 Å². The molecule has 0 aromatic heterocycles. The van der Waals surface area contributed by atoms with Crippen LogP contribution < -0.4 is 4.74 Å². The van der Waals surface area contributed by atoms with E-state index in [1.807, 2.05) is 13.8 Å². The largest absolute Gasteiger partial charge is 0.618 e. The summed E-state index contributed by atoms with van der Waals surface area (Å²) in [7, 11) is 0. The van der Waals surface area contributed by atoms with Gasteiger partial charge in [0.15, 0.2) is 0 Å². The van der Waals surface area contributed by atoms with Gasteiger partial charge in [0.2, 0.25) is 5.69 Å². The highest BCUT2D eigenvalue weighted by molar-refractivity contribution is 6.52. The van der Waals surface area contributed by atoms with E-state index < -0.39 is 17.9 Å². The van der Waals surface area contributed by atoms with Crippen molar-refractivity contribution in [2.75, 3.05) is 0 Å². The van der Waals surface area contributed by atoms with E-state index in [9.17, 15) is 23.2 Å². The van der Waals surface area contributed by atoms with Crippen LogP contribution in [-0.2, 0) is 0 Å². The Kier molecular flexibility index (Phi) is 3.59. The van der Waals surface area contributed by atoms with Crippen molar-refractivity contribution in [3.05, 3.63) is 63.9 Å². The molecule has 0 spiro atoms. The number of Topliss-reactive ketones (excluding diaryl/α,β-unsaturated/α-hetero) is 1. The second kappa shape index (κ2) is 5.36. The maximum absolute atomic E-state index is 12.5. The number of benzene rings is 2. The summed E-state index contributed by atoms with van der Waals surface area (Å²) >= 11 is 0. The number of aryl methyl sites for hydroxylation is 2. The quantitative estimate of drug-likeness (QED) is 0.615. The predicted molar refractivity (Wildman–Crippen MR) is 80.8 cm³/mol. The van der Waals surface area contributed by atoms with Gasteiger partial charge in [-0.25, -0.2) is 0 Å². The topological polar surface area (TPSA) is 52.4 Å². The zero-order valence-corrected chi connectivity index (χ0v) is 12.8. The summed E-state index contributed by atoms with van der Waals surface area (Å²) < 4.78 is 40.8. The fourth-order valence-electron chi connectivity index (χ4n) is 2.55. The minimum Gasteiger partial charge on any atom is -0.618 e. The van der Waals surface area contributed by atoms with Gasteiger partial charge in [-0.2, -0.15) is 4.74 Å². The van der Waals surface area contributed by atoms with Crippen molar-refractivity contribution in [3.63, 3.8) is 0 Å². The zero-order valence-electron chi connectivity index (χ0n) is 12.8. The number of ether oxygens (including phenoxy) is 1. The number of carbonyl (C=O) groups excluding carboxylic acids is 1. The number of carbonyl (C=O) groups is 1. The van der Waals surface area contributed by atoms with E-state index in [1.165, 1.54) is 12.1 Å². The van der Waals surface area contributed by atoms with Crippen molar-refractivity contribution in [1.82, 2.24) is 0 Å². The molecule has 4 nitrogen and oxygen atoms in total. The number of rotatable bonds is 2. The van der Waals surface area contributed by atoms with Gasteiger partial charge < -0.3 is 9.94 Å². The molecule has 24 heavy (non-hydrogen) atoms. The van der Waals surface area contributed by atoms with Gasteiger partial charge >= 0.3 is 6.36 Å². The second-order valence-electron chi connectivity index (χ2n) is 5.50. The zero-order chi connectivity index (χ0) is 17.6. The Morgan fingerprint density at radius 2 is 1.62 bits per heavy atom. The van der Waals surface area contributed by atoms with Crippen LogP contribution in [-0.4, -0.2) is 22.6 Å². The Bertz CT molecular complexity index is 868. The van der Waals surface area contributed by atoms with E-state index in [-0.39, 0.29) is 17.0 Å². The van der Waals surface area contributed by atoms with Crippen molar-refractivity contribution in [2.45, 2.75) is 20.2 Å². The summed E-state index contributed by atoms with van der Waals surface area (Å²) in [4.78, 5) is 12.5. The minimum absolute atomic E-state index is 0.117. The highest BCUT2D eigenvalue weighted by atomic mass is 19.4. The molecule has 0 saturated heterocycles. The first kappa shape index (κ1) is 16.0. The Hall–Kier alpha value is -2.83. The lowest BCUT2D eigenvalue weighted by Crippen LogP contribution is -2.18. The Balaban J connectivity index is 2.00. The second-order valence-corrected chi connectivity index (χ2v) is 5.50. The van der Waals surface area contributed by atoms with Crippen LogP contribution in [0.15, 0.2) is 36.4 Å². The van der Waals surface area contributed by atoms with Gasteiger partial charge in [-0.1, -0.05) is 0 Å². The molecule has 0 bridgehead atoms. The summed E-state index contributed by atoms with van der Waals surface area (Å²) in [6.45, 7) is 3.66. The van der Waals surface area contributed by atoms with E-state index >= 15 is 0 Å². The fourth-order valence-corrected chi connectivity index (χ4v) is 2.55. The number of nitrogens with zero attached hydrogens (tertiary/aromatic N) is 1. The minimum atomic E-state index is -4.80. The molecule has 3 rings (SSSR count). The Morgan fingerprint density at radius 1 is 1.04 bits per heavy atom. The summed E-state index contributed by atoms with van der Waals surface area (Å²) in [5.41, 5.74) is 2.40. The summed E-state index contributed by atoms with van der Waals surface area (Å²) in [6, 6.07) is 7.91. The van der Waals surface area contributed by atoms with Crippen molar-refractivity contribution in [3.8, 4) is 5.75 Å². The highest BCUT2D eigenvalue weighted by Crippen LogP contribution is 2.31. The van der Waals surface area contributed by atoms with Crippen molar-refractivity contribution in [2.24, 2.45) is 0 Å². The smallest absolute Gasteiger partial charge is 0.573 e. The van der Waals surface area contributed by atoms with Crippen LogP contribution in [0.1, 0.15) is 27.0 Å².